The van der Waals surface area contributed by atoms with Gasteiger partial charge < -0.3 is 0 Å². The number of amides is 3. The van der Waals surface area contributed by atoms with Crippen LogP contribution in [-0.2, 0) is 9.59 Å². The zero-order valence-corrected chi connectivity index (χ0v) is 23.4. The van der Waals surface area contributed by atoms with E-state index < -0.39 is 46.8 Å². The average molecular weight is 674 g/mol. The molecular weight excluding hydrogens is 657 g/mol. The summed E-state index contributed by atoms with van der Waals surface area (Å²) in [6.45, 7) is -0.708. The van der Waals surface area contributed by atoms with Gasteiger partial charge in [0.25, 0.3) is 23.4 Å². The third-order valence-electron chi connectivity index (χ3n) is 7.27. The van der Waals surface area contributed by atoms with E-state index in [4.69, 9.17) is 23.2 Å². The van der Waals surface area contributed by atoms with Gasteiger partial charge in [-0.25, -0.2) is 5.01 Å². The second-order valence-corrected chi connectivity index (χ2v) is 12.2. The number of nitro benzene ring substituents is 1. The van der Waals surface area contributed by atoms with Crippen molar-refractivity contribution >= 4 is 84.3 Å². The van der Waals surface area contributed by atoms with Gasteiger partial charge in [-0.05, 0) is 36.5 Å². The number of hydrogen-bond acceptors (Lipinski definition) is 6. The van der Waals surface area contributed by atoms with Crippen molar-refractivity contribution in [2.75, 3.05) is 6.54 Å². The van der Waals surface area contributed by atoms with Crippen molar-refractivity contribution in [2.24, 2.45) is 23.7 Å². The molecule has 1 aliphatic heterocycles. The molecular formula is C24H17Br2Cl2N3O6. The highest BCUT2D eigenvalue weighted by Gasteiger charge is 2.67. The summed E-state index contributed by atoms with van der Waals surface area (Å²) in [5.41, 5.74) is -0.416. The summed E-state index contributed by atoms with van der Waals surface area (Å²) >= 11 is 19.5. The number of benzene rings is 2. The number of non-ortho nitro benzene ring substituents is 1. The van der Waals surface area contributed by atoms with Crippen LogP contribution in [-0.4, -0.2) is 54.6 Å². The van der Waals surface area contributed by atoms with Gasteiger partial charge in [0.2, 0.25) is 0 Å². The first-order valence-corrected chi connectivity index (χ1v) is 13.8. The Morgan fingerprint density at radius 3 is 2.22 bits per heavy atom. The molecule has 3 aliphatic rings. The van der Waals surface area contributed by atoms with Crippen LogP contribution >= 0.6 is 55.1 Å². The van der Waals surface area contributed by atoms with E-state index in [9.17, 15) is 29.3 Å². The number of Topliss-reactive ketones (excluding diaryl/α,β-unsaturated/α-hetero) is 1. The van der Waals surface area contributed by atoms with Crippen LogP contribution < -0.4 is 0 Å². The zero-order chi connectivity index (χ0) is 26.8. The fourth-order valence-electron chi connectivity index (χ4n) is 5.63. The lowest BCUT2D eigenvalue weighted by molar-refractivity contribution is -0.384. The first-order valence-electron chi connectivity index (χ1n) is 11.2. The summed E-state index contributed by atoms with van der Waals surface area (Å²) in [7, 11) is 0. The highest BCUT2D eigenvalue weighted by atomic mass is 79.9. The van der Waals surface area contributed by atoms with E-state index in [1.807, 2.05) is 0 Å². The minimum atomic E-state index is -0.847. The number of imide groups is 1. The molecule has 0 unspecified atom stereocenters. The molecule has 1 heterocycles. The lowest BCUT2D eigenvalue weighted by Gasteiger charge is -2.31. The number of ketones is 1. The molecule has 2 aromatic carbocycles. The number of carbonyl (C=O) groups is 4. The number of carbonyl (C=O) groups excluding carboxylic acids is 4. The van der Waals surface area contributed by atoms with Gasteiger partial charge in [0.1, 0.15) is 6.54 Å². The fraction of sp³-hybridized carbons (Fsp3) is 0.333. The molecule has 0 radical (unpaired) electrons. The average Bonchev–Trinajstić information content (AvgIpc) is 3.47. The van der Waals surface area contributed by atoms with E-state index in [0.717, 1.165) is 16.1 Å². The molecule has 0 aromatic heterocycles. The first kappa shape index (κ1) is 26.3. The van der Waals surface area contributed by atoms with Crippen molar-refractivity contribution in [2.45, 2.75) is 16.1 Å². The van der Waals surface area contributed by atoms with Crippen LogP contribution in [0.4, 0.5) is 5.69 Å². The molecule has 2 aromatic rings. The topological polar surface area (TPSA) is 118 Å². The van der Waals surface area contributed by atoms with Gasteiger partial charge in [0, 0.05) is 32.4 Å². The van der Waals surface area contributed by atoms with Crippen molar-refractivity contribution in [1.82, 2.24) is 10.0 Å². The Morgan fingerprint density at radius 2 is 1.65 bits per heavy atom. The zero-order valence-electron chi connectivity index (χ0n) is 18.7. The Balaban J connectivity index is 1.53. The monoisotopic (exact) mass is 671 g/mol. The van der Waals surface area contributed by atoms with Crippen molar-refractivity contribution in [1.29, 1.82) is 0 Å². The third-order valence-corrected chi connectivity index (χ3v) is 11.0. The van der Waals surface area contributed by atoms with E-state index in [-0.39, 0.29) is 48.3 Å². The van der Waals surface area contributed by atoms with Crippen molar-refractivity contribution < 1.29 is 24.1 Å². The molecule has 5 rings (SSSR count). The van der Waals surface area contributed by atoms with E-state index in [1.54, 1.807) is 0 Å². The predicted octanol–water partition coefficient (Wildman–Crippen LogP) is 4.92. The Morgan fingerprint density at radius 1 is 1.03 bits per heavy atom. The van der Waals surface area contributed by atoms with Crippen LogP contribution in [0.15, 0.2) is 42.5 Å². The molecule has 2 bridgehead atoms. The van der Waals surface area contributed by atoms with E-state index in [0.29, 0.717) is 6.42 Å². The minimum absolute atomic E-state index is 0.0168. The SMILES string of the molecule is O=C(CN(C(=O)c1ccc(Cl)cc1Cl)N1C(=O)[C@@H]2[C@H]3C[C@@H]([C@H](Br)[C@@H]3Br)[C@@H]2C1=O)c1cccc([N+](=O)[O-])c1. The summed E-state index contributed by atoms with van der Waals surface area (Å²) in [6.07, 6.45) is 0.691. The number of rotatable bonds is 6. The molecule has 3 amide bonds. The van der Waals surface area contributed by atoms with Crippen molar-refractivity contribution in [3.8, 4) is 0 Å². The number of alkyl halides is 2. The largest absolute Gasteiger partial charge is 0.292 e. The molecule has 3 fully saturated rings. The van der Waals surface area contributed by atoms with Crippen LogP contribution in [0.2, 0.25) is 10.0 Å². The third kappa shape index (κ3) is 4.29. The maximum atomic E-state index is 13.7. The second kappa shape index (κ2) is 9.76. The lowest BCUT2D eigenvalue weighted by atomic mass is 9.81. The molecule has 1 saturated heterocycles. The minimum Gasteiger partial charge on any atom is -0.292 e. The number of hydrogen-bond donors (Lipinski definition) is 0. The molecule has 192 valence electrons. The number of hydrazine groups is 1. The maximum Gasteiger partial charge on any atom is 0.274 e. The smallest absolute Gasteiger partial charge is 0.274 e. The van der Waals surface area contributed by atoms with E-state index in [2.05, 4.69) is 31.9 Å². The molecule has 0 N–H and O–H groups in total. The van der Waals surface area contributed by atoms with Crippen LogP contribution in [0, 0.1) is 33.8 Å². The maximum absolute atomic E-state index is 13.7. The molecule has 6 atom stereocenters. The Labute approximate surface area is 237 Å². The molecule has 0 spiro atoms. The second-order valence-electron chi connectivity index (χ2n) is 9.21. The number of nitro groups is 1. The summed E-state index contributed by atoms with van der Waals surface area (Å²) in [4.78, 5) is 64.7. The fourth-order valence-corrected chi connectivity index (χ4v) is 7.99. The van der Waals surface area contributed by atoms with Crippen LogP contribution in [0.1, 0.15) is 27.1 Å². The number of fused-ring (bicyclic) bond motifs is 5. The molecule has 37 heavy (non-hydrogen) atoms. The summed E-state index contributed by atoms with van der Waals surface area (Å²) in [5.74, 6) is -4.12. The van der Waals surface area contributed by atoms with Gasteiger partial charge in [-0.2, -0.15) is 5.01 Å². The Bertz CT molecular complexity index is 1340. The quantitative estimate of drug-likeness (QED) is 0.141. The van der Waals surface area contributed by atoms with Gasteiger partial charge in [-0.1, -0.05) is 67.2 Å². The van der Waals surface area contributed by atoms with Gasteiger partial charge in [-0.3, -0.25) is 29.3 Å². The normalized spacial score (nSPS) is 27.9. The molecule has 2 aliphatic carbocycles. The molecule has 9 nitrogen and oxygen atoms in total. The summed E-state index contributed by atoms with van der Waals surface area (Å²) < 4.78 is 0. The molecule has 13 heteroatoms. The van der Waals surface area contributed by atoms with Gasteiger partial charge in [0.15, 0.2) is 5.78 Å². The van der Waals surface area contributed by atoms with E-state index in [1.165, 1.54) is 36.4 Å². The number of nitrogens with zero attached hydrogens (tertiary/aromatic N) is 3. The Kier molecular flexibility index (Phi) is 6.93. The van der Waals surface area contributed by atoms with Crippen LogP contribution in [0.5, 0.6) is 0 Å². The summed E-state index contributed by atoms with van der Waals surface area (Å²) in [6, 6.07) is 9.11. The lowest BCUT2D eigenvalue weighted by Crippen LogP contribution is -2.52. The summed E-state index contributed by atoms with van der Waals surface area (Å²) in [5, 5.41) is 13.0. The van der Waals surface area contributed by atoms with Gasteiger partial charge in [-0.15, -0.1) is 0 Å². The van der Waals surface area contributed by atoms with Crippen molar-refractivity contribution in [3.05, 3.63) is 73.8 Å². The van der Waals surface area contributed by atoms with Crippen molar-refractivity contribution in [3.63, 3.8) is 0 Å². The number of halogens is 4. The van der Waals surface area contributed by atoms with Crippen LogP contribution in [0.3, 0.4) is 0 Å². The van der Waals surface area contributed by atoms with E-state index >= 15 is 0 Å². The standard InChI is InChI=1S/C24H17Br2Cl2N3O6/c25-20-14-8-15(21(20)26)19-18(14)23(34)30(24(19)35)29(22(33)13-5-4-11(27)7-16(13)28)9-17(32)10-2-1-3-12(6-10)31(36)37/h1-7,14-15,18-21H,8-9H2/t14-,15-,18-,19+,20-,21+/m1/s1. The predicted molar refractivity (Wildman–Crippen MR) is 141 cm³/mol. The molecule has 2 saturated carbocycles. The Hall–Kier alpha value is -2.34. The highest BCUT2D eigenvalue weighted by molar-refractivity contribution is 9.12. The van der Waals surface area contributed by atoms with Gasteiger partial charge >= 0.3 is 0 Å². The highest BCUT2D eigenvalue weighted by Crippen LogP contribution is 2.60. The van der Waals surface area contributed by atoms with Gasteiger partial charge in [0.05, 0.1) is 27.3 Å². The van der Waals surface area contributed by atoms with Crippen LogP contribution in [0.25, 0.3) is 0 Å². The first-order chi connectivity index (χ1) is 17.5.